The summed E-state index contributed by atoms with van der Waals surface area (Å²) in [6.07, 6.45) is 6.24. The van der Waals surface area contributed by atoms with Gasteiger partial charge in [0.2, 0.25) is 5.91 Å². The number of rotatable bonds is 4. The second-order valence-corrected chi connectivity index (χ2v) is 5.27. The first kappa shape index (κ1) is 15.1. The van der Waals surface area contributed by atoms with Crippen molar-refractivity contribution >= 4 is 5.91 Å². The smallest absolute Gasteiger partial charge is 0.316 e. The van der Waals surface area contributed by atoms with Crippen molar-refractivity contribution in [3.05, 3.63) is 47.1 Å². The zero-order valence-corrected chi connectivity index (χ0v) is 12.5. The summed E-state index contributed by atoms with van der Waals surface area (Å²) in [6, 6.07) is 4.96. The fraction of sp³-hybridized carbons (Fsp3) is 0.400. The standard InChI is InChI=1S/C15H17N5O3/c21-13-5-1-8-18-20(13)11-14(22)19-9-2-4-12(10-19)23-15-16-6-3-7-17-15/h1,3,5-8,12H,2,4,9-11H2. The summed E-state index contributed by atoms with van der Waals surface area (Å²) in [5.74, 6) is -0.145. The summed E-state index contributed by atoms with van der Waals surface area (Å²) in [6.45, 7) is 1.04. The summed E-state index contributed by atoms with van der Waals surface area (Å²) in [7, 11) is 0. The van der Waals surface area contributed by atoms with E-state index in [-0.39, 0.29) is 24.1 Å². The molecule has 1 aliphatic heterocycles. The number of amides is 1. The Labute approximate surface area is 132 Å². The van der Waals surface area contributed by atoms with Crippen LogP contribution in [0.1, 0.15) is 12.8 Å². The molecule has 0 radical (unpaired) electrons. The van der Waals surface area contributed by atoms with E-state index in [9.17, 15) is 9.59 Å². The molecule has 2 aromatic rings. The number of piperidine rings is 1. The van der Waals surface area contributed by atoms with Gasteiger partial charge < -0.3 is 9.64 Å². The maximum Gasteiger partial charge on any atom is 0.316 e. The summed E-state index contributed by atoms with van der Waals surface area (Å²) in [5.41, 5.74) is -0.289. The molecular formula is C15H17N5O3. The Morgan fingerprint density at radius 3 is 2.87 bits per heavy atom. The molecule has 3 rings (SSSR count). The highest BCUT2D eigenvalue weighted by Crippen LogP contribution is 2.15. The highest BCUT2D eigenvalue weighted by atomic mass is 16.5. The molecule has 120 valence electrons. The van der Waals surface area contributed by atoms with E-state index in [1.807, 2.05) is 0 Å². The molecular weight excluding hydrogens is 298 g/mol. The van der Waals surface area contributed by atoms with Gasteiger partial charge in [0.1, 0.15) is 12.6 Å². The Hall–Kier alpha value is -2.77. The number of carbonyl (C=O) groups excluding carboxylic acids is 1. The Morgan fingerprint density at radius 2 is 2.09 bits per heavy atom. The van der Waals surface area contributed by atoms with Gasteiger partial charge in [-0.25, -0.2) is 14.6 Å². The van der Waals surface area contributed by atoms with Crippen LogP contribution in [0.25, 0.3) is 0 Å². The SMILES string of the molecule is O=C(Cn1ncccc1=O)N1CCCC(Oc2ncccn2)C1. The predicted molar refractivity (Wildman–Crippen MR) is 80.8 cm³/mol. The second-order valence-electron chi connectivity index (χ2n) is 5.27. The lowest BCUT2D eigenvalue weighted by atomic mass is 10.1. The fourth-order valence-corrected chi connectivity index (χ4v) is 2.49. The molecule has 0 aliphatic carbocycles. The van der Waals surface area contributed by atoms with E-state index < -0.39 is 0 Å². The van der Waals surface area contributed by atoms with Crippen LogP contribution in [0, 0.1) is 0 Å². The normalized spacial score (nSPS) is 17.7. The van der Waals surface area contributed by atoms with Gasteiger partial charge in [-0.15, -0.1) is 0 Å². The summed E-state index contributed by atoms with van der Waals surface area (Å²) in [5, 5.41) is 3.91. The van der Waals surface area contributed by atoms with Crippen LogP contribution in [0.3, 0.4) is 0 Å². The van der Waals surface area contributed by atoms with Gasteiger partial charge in [0.15, 0.2) is 0 Å². The lowest BCUT2D eigenvalue weighted by Crippen LogP contribution is -2.46. The van der Waals surface area contributed by atoms with Crippen LogP contribution in [-0.4, -0.2) is 49.7 Å². The van der Waals surface area contributed by atoms with Gasteiger partial charge in [0.25, 0.3) is 5.56 Å². The van der Waals surface area contributed by atoms with Gasteiger partial charge >= 0.3 is 6.01 Å². The van der Waals surface area contributed by atoms with Gasteiger partial charge in [0, 0.05) is 31.2 Å². The Bertz CT molecular complexity index is 718. The third-order valence-electron chi connectivity index (χ3n) is 3.62. The van der Waals surface area contributed by atoms with Crippen LogP contribution in [0.5, 0.6) is 6.01 Å². The molecule has 2 aromatic heterocycles. The molecule has 0 bridgehead atoms. The molecule has 8 heteroatoms. The average Bonchev–Trinajstić information content (AvgIpc) is 2.58. The van der Waals surface area contributed by atoms with Gasteiger partial charge in [-0.1, -0.05) is 0 Å². The molecule has 1 amide bonds. The minimum Gasteiger partial charge on any atom is -0.458 e. The van der Waals surface area contributed by atoms with Crippen molar-refractivity contribution in [2.24, 2.45) is 0 Å². The number of likely N-dealkylation sites (tertiary alicyclic amines) is 1. The quantitative estimate of drug-likeness (QED) is 0.795. The first-order valence-corrected chi connectivity index (χ1v) is 7.46. The van der Waals surface area contributed by atoms with E-state index >= 15 is 0 Å². The van der Waals surface area contributed by atoms with E-state index in [4.69, 9.17) is 4.74 Å². The van der Waals surface area contributed by atoms with E-state index in [1.54, 1.807) is 29.4 Å². The Morgan fingerprint density at radius 1 is 1.26 bits per heavy atom. The van der Waals surface area contributed by atoms with Gasteiger partial charge in [-0.3, -0.25) is 9.59 Å². The van der Waals surface area contributed by atoms with Crippen molar-refractivity contribution in [2.45, 2.75) is 25.5 Å². The number of ether oxygens (including phenoxy) is 1. The Kier molecular flexibility index (Phi) is 4.60. The molecule has 23 heavy (non-hydrogen) atoms. The monoisotopic (exact) mass is 315 g/mol. The summed E-state index contributed by atoms with van der Waals surface area (Å²) < 4.78 is 6.87. The largest absolute Gasteiger partial charge is 0.458 e. The van der Waals surface area contributed by atoms with Crippen molar-refractivity contribution in [3.63, 3.8) is 0 Å². The zero-order chi connectivity index (χ0) is 16.1. The van der Waals surface area contributed by atoms with Crippen molar-refractivity contribution in [1.82, 2.24) is 24.6 Å². The number of nitrogens with zero attached hydrogens (tertiary/aromatic N) is 5. The van der Waals surface area contributed by atoms with E-state index in [1.165, 1.54) is 12.3 Å². The Balaban J connectivity index is 1.61. The molecule has 8 nitrogen and oxygen atoms in total. The van der Waals surface area contributed by atoms with Crippen LogP contribution >= 0.6 is 0 Å². The molecule has 3 heterocycles. The summed E-state index contributed by atoms with van der Waals surface area (Å²) in [4.78, 5) is 33.7. The van der Waals surface area contributed by atoms with Crippen LogP contribution in [0.2, 0.25) is 0 Å². The molecule has 1 aliphatic rings. The fourth-order valence-electron chi connectivity index (χ4n) is 2.49. The van der Waals surface area contributed by atoms with Crippen LogP contribution in [0.4, 0.5) is 0 Å². The van der Waals surface area contributed by atoms with Crippen LogP contribution < -0.4 is 10.3 Å². The van der Waals surface area contributed by atoms with Crippen molar-refractivity contribution in [3.8, 4) is 6.01 Å². The van der Waals surface area contributed by atoms with Crippen LogP contribution in [0.15, 0.2) is 41.6 Å². The molecule has 0 aromatic carbocycles. The minimum absolute atomic E-state index is 0.0613. The van der Waals surface area contributed by atoms with Crippen molar-refractivity contribution < 1.29 is 9.53 Å². The second kappa shape index (κ2) is 6.99. The number of hydrogen-bond acceptors (Lipinski definition) is 6. The van der Waals surface area contributed by atoms with Crippen LogP contribution in [-0.2, 0) is 11.3 Å². The van der Waals surface area contributed by atoms with Gasteiger partial charge in [-0.2, -0.15) is 5.10 Å². The lowest BCUT2D eigenvalue weighted by molar-refractivity contribution is -0.134. The molecule has 0 saturated carbocycles. The van der Waals surface area contributed by atoms with Gasteiger partial charge in [-0.05, 0) is 25.0 Å². The number of carbonyl (C=O) groups is 1. The molecule has 1 unspecified atom stereocenters. The molecule has 1 saturated heterocycles. The highest BCUT2D eigenvalue weighted by Gasteiger charge is 2.25. The van der Waals surface area contributed by atoms with Crippen molar-refractivity contribution in [1.29, 1.82) is 0 Å². The number of hydrogen-bond donors (Lipinski definition) is 0. The zero-order valence-electron chi connectivity index (χ0n) is 12.5. The first-order chi connectivity index (χ1) is 11.2. The maximum atomic E-state index is 12.4. The minimum atomic E-state index is -0.289. The highest BCUT2D eigenvalue weighted by molar-refractivity contribution is 5.76. The van der Waals surface area contributed by atoms with Gasteiger partial charge in [0.05, 0.1) is 6.54 Å². The molecule has 1 atom stereocenters. The third kappa shape index (κ3) is 3.91. The van der Waals surface area contributed by atoms with E-state index in [0.29, 0.717) is 19.1 Å². The average molecular weight is 315 g/mol. The number of aromatic nitrogens is 4. The topological polar surface area (TPSA) is 90.2 Å². The third-order valence-corrected chi connectivity index (χ3v) is 3.62. The molecule has 0 spiro atoms. The molecule has 1 fully saturated rings. The predicted octanol–water partition coefficient (Wildman–Crippen LogP) is 0.103. The van der Waals surface area contributed by atoms with E-state index in [2.05, 4.69) is 15.1 Å². The molecule has 0 N–H and O–H groups in total. The van der Waals surface area contributed by atoms with Crippen molar-refractivity contribution in [2.75, 3.05) is 13.1 Å². The maximum absolute atomic E-state index is 12.4. The first-order valence-electron chi connectivity index (χ1n) is 7.46. The lowest BCUT2D eigenvalue weighted by Gasteiger charge is -2.32. The summed E-state index contributed by atoms with van der Waals surface area (Å²) >= 11 is 0. The van der Waals surface area contributed by atoms with E-state index in [0.717, 1.165) is 17.5 Å².